The van der Waals surface area contributed by atoms with E-state index in [1.54, 1.807) is 0 Å². The van der Waals surface area contributed by atoms with Gasteiger partial charge in [0.15, 0.2) is 0 Å². The van der Waals surface area contributed by atoms with Gasteiger partial charge in [0.1, 0.15) is 17.7 Å². The number of carbonyl (C=O) groups is 1. The van der Waals surface area contributed by atoms with Crippen LogP contribution in [0.25, 0.3) is 0 Å². The molecule has 110 valence electrons. The van der Waals surface area contributed by atoms with E-state index in [1.165, 1.54) is 6.07 Å². The van der Waals surface area contributed by atoms with Crippen LogP contribution in [-0.4, -0.2) is 36.3 Å². The van der Waals surface area contributed by atoms with Crippen molar-refractivity contribution in [3.05, 3.63) is 35.4 Å². The van der Waals surface area contributed by atoms with Gasteiger partial charge in [-0.25, -0.2) is 13.2 Å². The third-order valence-electron chi connectivity index (χ3n) is 3.30. The molecule has 2 unspecified atom stereocenters. The van der Waals surface area contributed by atoms with Crippen LogP contribution < -0.4 is 10.6 Å². The Labute approximate surface area is 114 Å². The van der Waals surface area contributed by atoms with Gasteiger partial charge in [-0.15, -0.1) is 0 Å². The highest BCUT2D eigenvalue weighted by atomic mass is 19.1. The smallest absolute Gasteiger partial charge is 0.259 e. The quantitative estimate of drug-likeness (QED) is 0.768. The van der Waals surface area contributed by atoms with E-state index in [4.69, 9.17) is 0 Å². The molecule has 20 heavy (non-hydrogen) atoms. The number of carbonyl (C=O) groups excluding carboxylic acids is 1. The topological polar surface area (TPSA) is 61.4 Å². The van der Waals surface area contributed by atoms with Gasteiger partial charge >= 0.3 is 0 Å². The Morgan fingerprint density at radius 1 is 1.45 bits per heavy atom. The van der Waals surface area contributed by atoms with E-state index in [2.05, 4.69) is 10.6 Å². The first kappa shape index (κ1) is 14.8. The average Bonchev–Trinajstić information content (AvgIpc) is 2.84. The number of benzene rings is 1. The van der Waals surface area contributed by atoms with Gasteiger partial charge in [-0.05, 0) is 18.7 Å². The van der Waals surface area contributed by atoms with Crippen molar-refractivity contribution in [1.82, 2.24) is 10.6 Å². The lowest BCUT2D eigenvalue weighted by Gasteiger charge is -2.19. The SMILES string of the molecule is O=C(NCC(O)c1c(F)cccc1F)C1(F)CCNC1. The Morgan fingerprint density at radius 2 is 2.10 bits per heavy atom. The molecule has 1 aromatic carbocycles. The van der Waals surface area contributed by atoms with E-state index in [9.17, 15) is 23.1 Å². The largest absolute Gasteiger partial charge is 0.386 e. The summed E-state index contributed by atoms with van der Waals surface area (Å²) in [6.45, 7) is -0.181. The number of aliphatic hydroxyl groups is 1. The Hall–Kier alpha value is -1.60. The molecule has 1 saturated heterocycles. The van der Waals surface area contributed by atoms with Gasteiger partial charge in [-0.2, -0.15) is 0 Å². The Kier molecular flexibility index (Phi) is 4.29. The lowest BCUT2D eigenvalue weighted by Crippen LogP contribution is -2.46. The van der Waals surface area contributed by atoms with Gasteiger partial charge in [0, 0.05) is 19.5 Å². The van der Waals surface area contributed by atoms with E-state index < -0.39 is 41.4 Å². The molecule has 0 radical (unpaired) electrons. The Bertz CT molecular complexity index is 484. The number of halogens is 3. The highest BCUT2D eigenvalue weighted by Gasteiger charge is 2.41. The number of nitrogens with one attached hydrogen (secondary N) is 2. The van der Waals surface area contributed by atoms with Crippen molar-refractivity contribution in [2.45, 2.75) is 18.2 Å². The van der Waals surface area contributed by atoms with Gasteiger partial charge in [0.05, 0.1) is 5.56 Å². The summed E-state index contributed by atoms with van der Waals surface area (Å²) in [5, 5.41) is 14.6. The number of rotatable bonds is 4. The molecule has 1 aromatic rings. The third-order valence-corrected chi connectivity index (χ3v) is 3.30. The molecule has 1 amide bonds. The maximum Gasteiger partial charge on any atom is 0.259 e. The monoisotopic (exact) mass is 288 g/mol. The third kappa shape index (κ3) is 2.94. The minimum Gasteiger partial charge on any atom is -0.386 e. The zero-order valence-corrected chi connectivity index (χ0v) is 10.6. The van der Waals surface area contributed by atoms with Crippen LogP contribution in [0.3, 0.4) is 0 Å². The Morgan fingerprint density at radius 3 is 2.65 bits per heavy atom. The summed E-state index contributed by atoms with van der Waals surface area (Å²) in [5.41, 5.74) is -2.57. The first-order valence-corrected chi connectivity index (χ1v) is 6.24. The molecule has 1 aliphatic heterocycles. The molecule has 7 heteroatoms. The second-order valence-corrected chi connectivity index (χ2v) is 4.75. The van der Waals surface area contributed by atoms with Crippen molar-refractivity contribution in [3.63, 3.8) is 0 Å². The van der Waals surface area contributed by atoms with Crippen molar-refractivity contribution in [3.8, 4) is 0 Å². The van der Waals surface area contributed by atoms with Crippen LogP contribution in [0.5, 0.6) is 0 Å². The molecule has 2 rings (SSSR count). The van der Waals surface area contributed by atoms with Crippen LogP contribution >= 0.6 is 0 Å². The first-order valence-electron chi connectivity index (χ1n) is 6.24. The second kappa shape index (κ2) is 5.80. The maximum absolute atomic E-state index is 14.0. The molecule has 0 bridgehead atoms. The van der Waals surface area contributed by atoms with Gasteiger partial charge in [-0.1, -0.05) is 6.07 Å². The van der Waals surface area contributed by atoms with Crippen molar-refractivity contribution < 1.29 is 23.1 Å². The van der Waals surface area contributed by atoms with Crippen LogP contribution in [-0.2, 0) is 4.79 Å². The summed E-state index contributed by atoms with van der Waals surface area (Å²) < 4.78 is 40.8. The summed E-state index contributed by atoms with van der Waals surface area (Å²) in [4.78, 5) is 11.6. The van der Waals surface area contributed by atoms with E-state index >= 15 is 0 Å². The number of alkyl halides is 1. The van der Waals surface area contributed by atoms with Crippen LogP contribution in [0, 0.1) is 11.6 Å². The predicted molar refractivity (Wildman–Crippen MR) is 65.7 cm³/mol. The fourth-order valence-electron chi connectivity index (χ4n) is 2.13. The molecule has 2 atom stereocenters. The molecule has 3 N–H and O–H groups in total. The van der Waals surface area contributed by atoms with Crippen molar-refractivity contribution in [2.24, 2.45) is 0 Å². The van der Waals surface area contributed by atoms with Crippen LogP contribution in [0.2, 0.25) is 0 Å². The molecule has 0 aliphatic carbocycles. The standard InChI is InChI=1S/C13H15F3N2O2/c14-8-2-1-3-9(15)11(8)10(19)6-18-12(20)13(16)4-5-17-7-13/h1-3,10,17,19H,4-7H2,(H,18,20). The fourth-order valence-corrected chi connectivity index (χ4v) is 2.13. The minimum atomic E-state index is -2.03. The second-order valence-electron chi connectivity index (χ2n) is 4.75. The summed E-state index contributed by atoms with van der Waals surface area (Å²) in [6, 6.07) is 3.17. The summed E-state index contributed by atoms with van der Waals surface area (Å²) in [6.07, 6.45) is -1.54. The maximum atomic E-state index is 14.0. The molecule has 0 saturated carbocycles. The van der Waals surface area contributed by atoms with Crippen molar-refractivity contribution in [2.75, 3.05) is 19.6 Å². The number of amides is 1. The van der Waals surface area contributed by atoms with Gasteiger partial charge in [0.2, 0.25) is 5.67 Å². The summed E-state index contributed by atoms with van der Waals surface area (Å²) in [5.74, 6) is -2.72. The molecule has 4 nitrogen and oxygen atoms in total. The highest BCUT2D eigenvalue weighted by molar-refractivity contribution is 5.85. The molecule has 1 heterocycles. The van der Waals surface area contributed by atoms with Gasteiger partial charge in [0.25, 0.3) is 5.91 Å². The number of hydrogen-bond acceptors (Lipinski definition) is 3. The van der Waals surface area contributed by atoms with Crippen molar-refractivity contribution in [1.29, 1.82) is 0 Å². The molecule has 0 spiro atoms. The van der Waals surface area contributed by atoms with E-state index in [1.807, 2.05) is 0 Å². The molecule has 1 aliphatic rings. The molecule has 0 aromatic heterocycles. The van der Waals surface area contributed by atoms with Gasteiger partial charge < -0.3 is 15.7 Å². The molecular weight excluding hydrogens is 273 g/mol. The van der Waals surface area contributed by atoms with E-state index in [0.29, 0.717) is 6.54 Å². The van der Waals surface area contributed by atoms with Crippen molar-refractivity contribution >= 4 is 5.91 Å². The minimum absolute atomic E-state index is 0.0307. The normalized spacial score (nSPS) is 23.6. The number of aliphatic hydroxyl groups excluding tert-OH is 1. The Balaban J connectivity index is 1.98. The van der Waals surface area contributed by atoms with E-state index in [0.717, 1.165) is 12.1 Å². The first-order chi connectivity index (χ1) is 9.44. The highest BCUT2D eigenvalue weighted by Crippen LogP contribution is 2.22. The average molecular weight is 288 g/mol. The predicted octanol–water partition coefficient (Wildman–Crippen LogP) is 0.816. The number of hydrogen-bond donors (Lipinski definition) is 3. The lowest BCUT2D eigenvalue weighted by molar-refractivity contribution is -0.132. The molecule has 1 fully saturated rings. The van der Waals surface area contributed by atoms with Crippen LogP contribution in [0.4, 0.5) is 13.2 Å². The zero-order valence-electron chi connectivity index (χ0n) is 10.6. The fraction of sp³-hybridized carbons (Fsp3) is 0.462. The zero-order chi connectivity index (χ0) is 14.8. The van der Waals surface area contributed by atoms with E-state index in [-0.39, 0.29) is 13.0 Å². The molecular formula is C13H15F3N2O2. The van der Waals surface area contributed by atoms with Crippen LogP contribution in [0.1, 0.15) is 18.1 Å². The van der Waals surface area contributed by atoms with Gasteiger partial charge in [-0.3, -0.25) is 4.79 Å². The lowest BCUT2D eigenvalue weighted by atomic mass is 10.0. The summed E-state index contributed by atoms with van der Waals surface area (Å²) in [7, 11) is 0. The summed E-state index contributed by atoms with van der Waals surface area (Å²) >= 11 is 0. The van der Waals surface area contributed by atoms with Crippen LogP contribution in [0.15, 0.2) is 18.2 Å².